The third kappa shape index (κ3) is 9.47. The molecule has 0 spiro atoms. The minimum absolute atomic E-state index is 0.0659. The van der Waals surface area contributed by atoms with E-state index in [0.29, 0.717) is 29.3 Å². The van der Waals surface area contributed by atoms with Gasteiger partial charge in [0, 0.05) is 30.7 Å². The number of phenols is 1. The largest absolute Gasteiger partial charge is 0.497 e. The van der Waals surface area contributed by atoms with Crippen LogP contribution in [0.2, 0.25) is 5.02 Å². The number of hydrogen-bond donors (Lipinski definition) is 4. The smallest absolute Gasteiger partial charge is 0.417 e. The van der Waals surface area contributed by atoms with Gasteiger partial charge in [-0.05, 0) is 48.5 Å². The molecule has 17 nitrogen and oxygen atoms in total. The summed E-state index contributed by atoms with van der Waals surface area (Å²) in [6.07, 6.45) is -3.21. The summed E-state index contributed by atoms with van der Waals surface area (Å²) < 4.78 is 44.5. The van der Waals surface area contributed by atoms with E-state index in [4.69, 9.17) is 21.4 Å². The first kappa shape index (κ1) is 35.9. The first-order valence-electron chi connectivity index (χ1n) is 12.7. The number of benzene rings is 3. The number of nitro groups is 3. The van der Waals surface area contributed by atoms with Gasteiger partial charge in [-0.25, -0.2) is 4.79 Å². The predicted octanol–water partition coefficient (Wildman–Crippen LogP) is 6.67. The zero-order chi connectivity index (χ0) is 35.8. The van der Waals surface area contributed by atoms with Crippen molar-refractivity contribution in [2.24, 2.45) is 0 Å². The molecule has 0 radical (unpaired) electrons. The molecule has 0 saturated carbocycles. The molecule has 0 fully saturated rings. The summed E-state index contributed by atoms with van der Waals surface area (Å²) in [5.74, 6) is -0.748. The summed E-state index contributed by atoms with van der Waals surface area (Å²) in [6.45, 7) is 0. The maximum Gasteiger partial charge on any atom is 0.417 e. The van der Waals surface area contributed by atoms with Crippen LogP contribution in [0.3, 0.4) is 0 Å². The van der Waals surface area contributed by atoms with Gasteiger partial charge < -0.3 is 25.8 Å². The van der Waals surface area contributed by atoms with Crippen LogP contribution in [0.4, 0.5) is 46.4 Å². The zero-order valence-corrected chi connectivity index (χ0v) is 24.6. The maximum atomic E-state index is 12.9. The lowest BCUT2D eigenvalue weighted by atomic mass is 10.2. The molecule has 4 rings (SSSR count). The molecule has 4 aromatic rings. The quantitative estimate of drug-likeness (QED) is 0.112. The molecule has 3 aromatic carbocycles. The van der Waals surface area contributed by atoms with Gasteiger partial charge in [0.15, 0.2) is 0 Å². The molecule has 1 heterocycles. The Hall–Kier alpha value is -6.57. The number of nitrogens with zero attached hydrogens (tertiary/aromatic N) is 4. The highest BCUT2D eigenvalue weighted by Crippen LogP contribution is 2.39. The third-order valence-electron chi connectivity index (χ3n) is 5.73. The molecule has 4 N–H and O–H groups in total. The van der Waals surface area contributed by atoms with E-state index in [9.17, 15) is 53.1 Å². The van der Waals surface area contributed by atoms with Gasteiger partial charge >= 0.3 is 23.6 Å². The number of hydrogen-bond acceptors (Lipinski definition) is 11. The first-order valence-corrected chi connectivity index (χ1v) is 13.1. The van der Waals surface area contributed by atoms with Crippen LogP contribution < -0.4 is 20.7 Å². The fraction of sp³-hybridized carbons (Fsp3) is 0.0741. The number of phenolic OH excluding ortho intramolecular Hbond substituents is 1. The molecule has 250 valence electrons. The highest BCUT2D eigenvalue weighted by molar-refractivity contribution is 6.31. The van der Waals surface area contributed by atoms with Crippen molar-refractivity contribution in [3.05, 3.63) is 120 Å². The Labute approximate surface area is 270 Å². The van der Waals surface area contributed by atoms with Crippen LogP contribution in [0.1, 0.15) is 16.1 Å². The Morgan fingerprint density at radius 3 is 1.92 bits per heavy atom. The van der Waals surface area contributed by atoms with Gasteiger partial charge in [-0.1, -0.05) is 11.6 Å². The van der Waals surface area contributed by atoms with Crippen molar-refractivity contribution in [1.29, 1.82) is 0 Å². The SMILES string of the molecule is CNC(=O)c1cc(Oc2ccc(NC(=O)Nc3ccc(Cl)c(C(F)(F)F)c3)cc2)ccn1.O=[N+]([O-])c1cc([N+](=O)[O-])c(O)c([N+](=O)[O-])c1. The first-order chi connectivity index (χ1) is 22.5. The van der Waals surface area contributed by atoms with Crippen LogP contribution >= 0.6 is 11.6 Å². The second-order valence-electron chi connectivity index (χ2n) is 8.96. The molecule has 0 aliphatic carbocycles. The van der Waals surface area contributed by atoms with E-state index < -0.39 is 60.4 Å². The topological polar surface area (TPSA) is 242 Å². The normalized spacial score (nSPS) is 10.5. The average Bonchev–Trinajstić information content (AvgIpc) is 3.02. The number of aromatic hydroxyl groups is 1. The zero-order valence-electron chi connectivity index (χ0n) is 23.9. The minimum Gasteiger partial charge on any atom is -0.497 e. The molecule has 0 saturated heterocycles. The predicted molar refractivity (Wildman–Crippen MR) is 161 cm³/mol. The molecule has 1 aromatic heterocycles. The molecule has 3 amide bonds. The molecule has 0 bridgehead atoms. The molecule has 0 aliphatic rings. The minimum atomic E-state index is -4.64. The Balaban J connectivity index is 0.000000328. The summed E-state index contributed by atoms with van der Waals surface area (Å²) in [6, 6.07) is 12.5. The van der Waals surface area contributed by atoms with Crippen molar-refractivity contribution in [1.82, 2.24) is 10.3 Å². The van der Waals surface area contributed by atoms with E-state index in [1.54, 1.807) is 30.3 Å². The summed E-state index contributed by atoms with van der Waals surface area (Å²) in [5.41, 5.74) is -3.55. The summed E-state index contributed by atoms with van der Waals surface area (Å²) in [7, 11) is 1.49. The van der Waals surface area contributed by atoms with Crippen molar-refractivity contribution < 1.29 is 47.4 Å². The van der Waals surface area contributed by atoms with Crippen molar-refractivity contribution in [2.45, 2.75) is 6.18 Å². The van der Waals surface area contributed by atoms with E-state index in [0.717, 1.165) is 12.1 Å². The number of carbonyl (C=O) groups is 2. The third-order valence-corrected chi connectivity index (χ3v) is 6.06. The number of ether oxygens (including phenoxy) is 1. The molecule has 0 unspecified atom stereocenters. The highest BCUT2D eigenvalue weighted by Gasteiger charge is 2.33. The number of alkyl halides is 3. The van der Waals surface area contributed by atoms with Gasteiger partial charge in [-0.3, -0.25) is 40.1 Å². The Morgan fingerprint density at radius 1 is 0.833 bits per heavy atom. The van der Waals surface area contributed by atoms with Crippen molar-refractivity contribution >= 4 is 52.0 Å². The van der Waals surface area contributed by atoms with E-state index >= 15 is 0 Å². The molecule has 0 aliphatic heterocycles. The second kappa shape index (κ2) is 15.1. The number of carbonyl (C=O) groups excluding carboxylic acids is 2. The van der Waals surface area contributed by atoms with Gasteiger partial charge in [-0.15, -0.1) is 0 Å². The Kier molecular flexibility index (Phi) is 11.3. The van der Waals surface area contributed by atoms with E-state index in [-0.39, 0.29) is 17.3 Å². The van der Waals surface area contributed by atoms with Gasteiger partial charge in [0.2, 0.25) is 0 Å². The van der Waals surface area contributed by atoms with Crippen LogP contribution in [0, 0.1) is 30.3 Å². The number of rotatable bonds is 8. The lowest BCUT2D eigenvalue weighted by Crippen LogP contribution is -2.19. The molecular formula is C27H19ClF3N7O10. The Morgan fingerprint density at radius 2 is 1.40 bits per heavy atom. The van der Waals surface area contributed by atoms with Gasteiger partial charge in [0.05, 0.1) is 37.5 Å². The number of aromatic nitrogens is 1. The second-order valence-corrected chi connectivity index (χ2v) is 9.37. The van der Waals surface area contributed by atoms with Crippen LogP contribution in [-0.4, -0.2) is 43.8 Å². The van der Waals surface area contributed by atoms with E-state index in [1.165, 1.54) is 25.4 Å². The van der Waals surface area contributed by atoms with Gasteiger partial charge in [-0.2, -0.15) is 13.2 Å². The Bertz CT molecular complexity index is 1860. The van der Waals surface area contributed by atoms with Crippen LogP contribution in [-0.2, 0) is 6.18 Å². The monoisotopic (exact) mass is 693 g/mol. The summed E-state index contributed by atoms with van der Waals surface area (Å²) in [4.78, 5) is 55.5. The number of nitro benzene ring substituents is 3. The fourth-order valence-electron chi connectivity index (χ4n) is 3.56. The number of pyridine rings is 1. The van der Waals surface area contributed by atoms with Crippen molar-refractivity contribution in [3.8, 4) is 17.2 Å². The van der Waals surface area contributed by atoms with Gasteiger partial charge in [0.1, 0.15) is 17.2 Å². The summed E-state index contributed by atoms with van der Waals surface area (Å²) >= 11 is 5.57. The lowest BCUT2D eigenvalue weighted by Gasteiger charge is -2.12. The standard InChI is InChI=1S/C21H16ClF3N4O3.C6H3N3O7/c1-26-19(30)18-11-15(8-9-27-18)32-14-5-2-12(3-6-14)28-20(31)29-13-4-7-17(22)16(10-13)21(23,24)25;10-6-4(8(13)14)1-3(7(11)12)2-5(6)9(15)16/h2-11H,1H3,(H,26,30)(H2,28,29,31);1-2,10H. The number of urea groups is 1. The van der Waals surface area contributed by atoms with Crippen molar-refractivity contribution in [2.75, 3.05) is 17.7 Å². The number of nitrogens with one attached hydrogen (secondary N) is 3. The maximum absolute atomic E-state index is 12.9. The number of anilines is 2. The summed E-state index contributed by atoms with van der Waals surface area (Å²) in [5, 5.41) is 47.0. The average molecular weight is 694 g/mol. The fourth-order valence-corrected chi connectivity index (χ4v) is 3.78. The molecular weight excluding hydrogens is 675 g/mol. The number of non-ortho nitro benzene ring substituents is 1. The molecule has 0 atom stereocenters. The highest BCUT2D eigenvalue weighted by atomic mass is 35.5. The number of amides is 3. The lowest BCUT2D eigenvalue weighted by molar-refractivity contribution is -0.404. The molecule has 21 heteroatoms. The van der Waals surface area contributed by atoms with Crippen LogP contribution in [0.25, 0.3) is 0 Å². The van der Waals surface area contributed by atoms with E-state index in [2.05, 4.69) is 20.9 Å². The van der Waals surface area contributed by atoms with Gasteiger partial charge in [0.25, 0.3) is 17.3 Å². The van der Waals surface area contributed by atoms with Crippen molar-refractivity contribution in [3.63, 3.8) is 0 Å². The van der Waals surface area contributed by atoms with Crippen LogP contribution in [0.15, 0.2) is 72.9 Å². The van der Waals surface area contributed by atoms with E-state index in [1.807, 2.05) is 0 Å². The van der Waals surface area contributed by atoms with Crippen LogP contribution in [0.5, 0.6) is 17.2 Å². The number of halogens is 4. The molecule has 48 heavy (non-hydrogen) atoms.